The number of hydrogen-bond donors (Lipinski definition) is 0. The van der Waals surface area contributed by atoms with Crippen molar-refractivity contribution in [3.63, 3.8) is 0 Å². The lowest BCUT2D eigenvalue weighted by Gasteiger charge is -2.28. The Labute approximate surface area is 295 Å². The van der Waals surface area contributed by atoms with Crippen molar-refractivity contribution in [3.05, 3.63) is 96.4 Å². The number of carbonyl (C=O) groups is 1. The van der Waals surface area contributed by atoms with Gasteiger partial charge in [0.25, 0.3) is 0 Å². The summed E-state index contributed by atoms with van der Waals surface area (Å²) < 4.78 is 29.3. The number of ketones is 1. The fourth-order valence-electron chi connectivity index (χ4n) is 5.98. The highest BCUT2D eigenvalue weighted by atomic mass is 32.1. The normalized spacial score (nSPS) is 11.9. The maximum absolute atomic E-state index is 12.6. The number of carbonyl (C=O) groups excluding carboxylic acids is 1. The Morgan fingerprint density at radius 1 is 0.735 bits per heavy atom. The van der Waals surface area contributed by atoms with Crippen LogP contribution in [-0.2, 0) is 24.6 Å². The molecule has 0 aliphatic carbocycles. The van der Waals surface area contributed by atoms with E-state index in [1.54, 1.807) is 0 Å². The predicted molar refractivity (Wildman–Crippen MR) is 200 cm³/mol. The minimum atomic E-state index is -2.63. The molecular formula is C39H47N4O4SSi+. The first-order valence-corrected chi connectivity index (χ1v) is 20.1. The molecular weight excluding hydrogens is 649 g/mol. The molecule has 0 spiro atoms. The third-order valence-electron chi connectivity index (χ3n) is 8.30. The largest absolute Gasteiger partial charge is 0.500 e. The van der Waals surface area contributed by atoms with E-state index >= 15 is 0 Å². The summed E-state index contributed by atoms with van der Waals surface area (Å²) in [5.41, 5.74) is 7.51. The molecule has 0 aliphatic heterocycles. The van der Waals surface area contributed by atoms with Crippen LogP contribution in [0.15, 0.2) is 85.2 Å². The average molecular weight is 696 g/mol. The molecule has 256 valence electrons. The lowest BCUT2D eigenvalue weighted by molar-refractivity contribution is -0.697. The number of pyridine rings is 2. The van der Waals surface area contributed by atoms with Gasteiger partial charge < -0.3 is 13.3 Å². The molecule has 49 heavy (non-hydrogen) atoms. The fraction of sp³-hybridized carbons (Fsp3) is 0.359. The third-order valence-corrected chi connectivity index (χ3v) is 12.0. The molecule has 0 radical (unpaired) electrons. The second-order valence-electron chi connectivity index (χ2n) is 11.8. The zero-order valence-electron chi connectivity index (χ0n) is 28.8. The van der Waals surface area contributed by atoms with E-state index in [1.165, 1.54) is 11.7 Å². The van der Waals surface area contributed by atoms with Gasteiger partial charge in [-0.1, -0.05) is 66.7 Å². The Morgan fingerprint density at radius 2 is 1.33 bits per heavy atom. The van der Waals surface area contributed by atoms with Crippen molar-refractivity contribution in [2.45, 2.75) is 71.9 Å². The van der Waals surface area contributed by atoms with Crippen LogP contribution in [0.4, 0.5) is 0 Å². The van der Waals surface area contributed by atoms with Crippen molar-refractivity contribution in [3.8, 4) is 22.4 Å². The molecule has 0 N–H and O–H groups in total. The first-order valence-electron chi connectivity index (χ1n) is 17.4. The SMILES string of the molecule is CCO[Si](CCCCC(=O)CCCC[n+]1ccc(/C=C/c2nc(-c3ccccc3)c3nsnc3c2-c2ccccc2)cc1)(OCC)OCC. The van der Waals surface area contributed by atoms with Crippen LogP contribution >= 0.6 is 11.7 Å². The number of hydrogen-bond acceptors (Lipinski definition) is 8. The highest BCUT2D eigenvalue weighted by Gasteiger charge is 2.39. The van der Waals surface area contributed by atoms with E-state index in [2.05, 4.69) is 69.9 Å². The Morgan fingerprint density at radius 3 is 1.96 bits per heavy atom. The van der Waals surface area contributed by atoms with E-state index in [1.807, 2.05) is 57.2 Å². The Bertz CT molecular complexity index is 1770. The molecule has 8 nitrogen and oxygen atoms in total. The first-order chi connectivity index (χ1) is 24.1. The maximum Gasteiger partial charge on any atom is 0.500 e. The van der Waals surface area contributed by atoms with E-state index in [-0.39, 0.29) is 0 Å². The summed E-state index contributed by atoms with van der Waals surface area (Å²) in [5.74, 6) is 0.326. The Balaban J connectivity index is 1.16. The number of aromatic nitrogens is 4. The van der Waals surface area contributed by atoms with Crippen molar-refractivity contribution < 1.29 is 22.6 Å². The van der Waals surface area contributed by atoms with Gasteiger partial charge in [-0.3, -0.25) is 4.79 Å². The van der Waals surface area contributed by atoms with Gasteiger partial charge in [-0.25, -0.2) is 9.55 Å². The monoisotopic (exact) mass is 695 g/mol. The van der Waals surface area contributed by atoms with Gasteiger partial charge in [0.15, 0.2) is 12.4 Å². The van der Waals surface area contributed by atoms with Crippen molar-refractivity contribution in [1.82, 2.24) is 13.7 Å². The van der Waals surface area contributed by atoms with Crippen molar-refractivity contribution in [2.75, 3.05) is 19.8 Å². The van der Waals surface area contributed by atoms with Crippen LogP contribution in [0.25, 0.3) is 45.6 Å². The second kappa shape index (κ2) is 18.7. The number of rotatable bonds is 20. The molecule has 0 atom stereocenters. The second-order valence-corrected chi connectivity index (χ2v) is 15.1. The van der Waals surface area contributed by atoms with Gasteiger partial charge in [-0.2, -0.15) is 8.75 Å². The van der Waals surface area contributed by atoms with Crippen LogP contribution in [0.2, 0.25) is 6.04 Å². The quantitative estimate of drug-likeness (QED) is 0.0457. The van der Waals surface area contributed by atoms with Crippen molar-refractivity contribution in [1.29, 1.82) is 0 Å². The van der Waals surface area contributed by atoms with Gasteiger partial charge in [0.1, 0.15) is 23.4 Å². The van der Waals surface area contributed by atoms with Gasteiger partial charge in [0, 0.05) is 68.4 Å². The minimum Gasteiger partial charge on any atom is -0.374 e. The molecule has 0 saturated heterocycles. The fourth-order valence-corrected chi connectivity index (χ4v) is 9.22. The predicted octanol–water partition coefficient (Wildman–Crippen LogP) is 8.84. The molecule has 3 aromatic heterocycles. The molecule has 5 rings (SSSR count). The van der Waals surface area contributed by atoms with Gasteiger partial charge in [0.2, 0.25) is 0 Å². The van der Waals surface area contributed by atoms with Crippen LogP contribution < -0.4 is 4.57 Å². The minimum absolute atomic E-state index is 0.326. The summed E-state index contributed by atoms with van der Waals surface area (Å²) in [6.07, 6.45) is 13.1. The van der Waals surface area contributed by atoms with E-state index in [9.17, 15) is 4.79 Å². The smallest absolute Gasteiger partial charge is 0.374 e. The average Bonchev–Trinajstić information content (AvgIpc) is 3.62. The number of unbranched alkanes of at least 4 members (excludes halogenated alkanes) is 2. The lowest BCUT2D eigenvalue weighted by atomic mass is 9.99. The van der Waals surface area contributed by atoms with Gasteiger partial charge in [-0.15, -0.1) is 0 Å². The molecule has 5 aromatic rings. The Kier molecular flexibility index (Phi) is 13.9. The van der Waals surface area contributed by atoms with Gasteiger partial charge >= 0.3 is 8.80 Å². The van der Waals surface area contributed by atoms with Crippen LogP contribution in [0, 0.1) is 0 Å². The highest BCUT2D eigenvalue weighted by molar-refractivity contribution is 7.00. The maximum atomic E-state index is 12.6. The summed E-state index contributed by atoms with van der Waals surface area (Å²) >= 11 is 1.22. The molecule has 0 bridgehead atoms. The third kappa shape index (κ3) is 10.1. The van der Waals surface area contributed by atoms with E-state index in [0.29, 0.717) is 38.4 Å². The molecule has 0 aliphatic rings. The summed E-state index contributed by atoms with van der Waals surface area (Å²) in [6, 6.07) is 25.4. The zero-order valence-corrected chi connectivity index (χ0v) is 30.7. The van der Waals surface area contributed by atoms with Gasteiger partial charge in [0.05, 0.1) is 23.1 Å². The number of aryl methyl sites for hydroxylation is 1. The Hall–Kier alpha value is -3.93. The van der Waals surface area contributed by atoms with Crippen LogP contribution in [0.5, 0.6) is 0 Å². The molecule has 0 saturated carbocycles. The number of fused-ring (bicyclic) bond motifs is 1. The number of Topliss-reactive ketones (excluding diaryl/α,β-unsaturated/α-hetero) is 1. The topological polar surface area (TPSA) is 87.3 Å². The first kappa shape index (κ1) is 36.4. The molecule has 10 heteroatoms. The van der Waals surface area contributed by atoms with Crippen molar-refractivity contribution in [2.24, 2.45) is 0 Å². The summed E-state index contributed by atoms with van der Waals surface area (Å²) in [5, 5.41) is 0. The molecule has 0 fully saturated rings. The van der Waals surface area contributed by atoms with Gasteiger partial charge in [-0.05, 0) is 57.2 Å². The molecule has 0 unspecified atom stereocenters. The highest BCUT2D eigenvalue weighted by Crippen LogP contribution is 2.36. The summed E-state index contributed by atoms with van der Waals surface area (Å²) in [4.78, 5) is 17.7. The van der Waals surface area contributed by atoms with Crippen molar-refractivity contribution >= 4 is 49.5 Å². The molecule has 3 heterocycles. The molecule has 0 amide bonds. The van der Waals surface area contributed by atoms with E-state index in [4.69, 9.17) is 22.6 Å². The van der Waals surface area contributed by atoms with Crippen LogP contribution in [-0.4, -0.2) is 48.1 Å². The number of benzene rings is 2. The lowest BCUT2D eigenvalue weighted by Crippen LogP contribution is -2.45. The van der Waals surface area contributed by atoms with Crippen LogP contribution in [0.1, 0.15) is 70.6 Å². The van der Waals surface area contributed by atoms with Crippen LogP contribution in [0.3, 0.4) is 0 Å². The summed E-state index contributed by atoms with van der Waals surface area (Å²) in [7, 11) is -2.63. The van der Waals surface area contributed by atoms with E-state index in [0.717, 1.165) is 82.9 Å². The van der Waals surface area contributed by atoms with E-state index < -0.39 is 8.80 Å². The number of nitrogens with zero attached hydrogens (tertiary/aromatic N) is 4. The standard InChI is InChI=1S/C39H47N4O4SSi/c1-4-45-49(46-5-2,47-6-3)30-16-14-22-34(44)21-13-15-27-43-28-25-31(26-29-43)23-24-35-36(32-17-9-7-10-18-32)38-39(42-48-41-38)37(40-35)33-19-11-8-12-20-33/h7-12,17-20,23-26,28-29H,4-6,13-16,21-22,27,30H2,1-3H3/q+1/b24-23+. The molecule has 2 aromatic carbocycles. The summed E-state index contributed by atoms with van der Waals surface area (Å²) in [6.45, 7) is 8.51. The zero-order chi connectivity index (χ0) is 34.3.